The molecule has 1 atom stereocenters. The van der Waals surface area contributed by atoms with Gasteiger partial charge in [-0.25, -0.2) is 4.98 Å². The number of rotatable bonds is 4. The Balaban J connectivity index is 2.05. The van der Waals surface area contributed by atoms with Crippen molar-refractivity contribution in [1.82, 2.24) is 15.2 Å². The van der Waals surface area contributed by atoms with E-state index in [1.54, 1.807) is 11.1 Å². The molecule has 0 aliphatic carbocycles. The maximum absolute atomic E-state index is 12.2. The number of carbonyl (C=O) groups is 2. The Morgan fingerprint density at radius 2 is 2.33 bits per heavy atom. The van der Waals surface area contributed by atoms with Crippen LogP contribution in [-0.4, -0.2) is 34.3 Å². The molecule has 5 nitrogen and oxygen atoms in total. The largest absolute Gasteiger partial charge is 0.343 e. The second kappa shape index (κ2) is 5.48. The molecule has 0 radical (unpaired) electrons. The molecule has 1 saturated heterocycles. The van der Waals surface area contributed by atoms with Gasteiger partial charge in [-0.05, 0) is 12.3 Å². The quantitative estimate of drug-likeness (QED) is 0.886. The number of piperazine rings is 1. The Kier molecular flexibility index (Phi) is 3.96. The third kappa shape index (κ3) is 3.07. The minimum atomic E-state index is -0.383. The van der Waals surface area contributed by atoms with Crippen molar-refractivity contribution < 1.29 is 9.59 Å². The van der Waals surface area contributed by atoms with Gasteiger partial charge in [-0.15, -0.1) is 11.3 Å². The van der Waals surface area contributed by atoms with Crippen LogP contribution in [0.3, 0.4) is 0 Å². The molecule has 0 saturated carbocycles. The topological polar surface area (TPSA) is 62.3 Å². The molecule has 1 aliphatic rings. The highest BCUT2D eigenvalue weighted by Gasteiger charge is 2.33. The first-order chi connectivity index (χ1) is 8.56. The molecule has 1 aliphatic heterocycles. The molecular weight excluding hydrogens is 250 g/mol. The van der Waals surface area contributed by atoms with Gasteiger partial charge in [-0.2, -0.15) is 0 Å². The highest BCUT2D eigenvalue weighted by molar-refractivity contribution is 7.09. The summed E-state index contributed by atoms with van der Waals surface area (Å²) in [5.74, 6) is 0.286. The first kappa shape index (κ1) is 13.0. The van der Waals surface area contributed by atoms with Gasteiger partial charge in [-0.1, -0.05) is 13.8 Å². The summed E-state index contributed by atoms with van der Waals surface area (Å²) in [6.45, 7) is 4.64. The average Bonchev–Trinajstić information content (AvgIpc) is 2.77. The van der Waals surface area contributed by atoms with Crippen LogP contribution in [-0.2, 0) is 16.1 Å². The van der Waals surface area contributed by atoms with Crippen molar-refractivity contribution >= 4 is 23.2 Å². The molecule has 2 rings (SSSR count). The number of thiazole rings is 1. The standard InChI is InChI=1S/C12H17N3O2S/c1-8(2)5-9-12(17)15(6-10(16)14-9)7-11-13-3-4-18-11/h3-4,8-9H,5-7H2,1-2H3,(H,14,16). The lowest BCUT2D eigenvalue weighted by Crippen LogP contribution is -2.57. The lowest BCUT2D eigenvalue weighted by molar-refractivity contribution is -0.145. The minimum Gasteiger partial charge on any atom is -0.343 e. The molecule has 18 heavy (non-hydrogen) atoms. The molecule has 2 heterocycles. The van der Waals surface area contributed by atoms with Gasteiger partial charge in [-0.3, -0.25) is 9.59 Å². The predicted molar refractivity (Wildman–Crippen MR) is 68.9 cm³/mol. The second-order valence-corrected chi connectivity index (χ2v) is 5.85. The molecule has 0 spiro atoms. The van der Waals surface area contributed by atoms with Gasteiger partial charge < -0.3 is 10.2 Å². The maximum Gasteiger partial charge on any atom is 0.246 e. The zero-order chi connectivity index (χ0) is 13.1. The van der Waals surface area contributed by atoms with E-state index in [1.807, 2.05) is 19.2 Å². The Hall–Kier alpha value is -1.43. The number of aromatic nitrogens is 1. The van der Waals surface area contributed by atoms with Gasteiger partial charge in [0.25, 0.3) is 0 Å². The minimum absolute atomic E-state index is 0.00139. The summed E-state index contributed by atoms with van der Waals surface area (Å²) < 4.78 is 0. The SMILES string of the molecule is CC(C)CC1NC(=O)CN(Cc2nccs2)C1=O. The molecule has 1 unspecified atom stereocenters. The Morgan fingerprint density at radius 3 is 2.94 bits per heavy atom. The van der Waals surface area contributed by atoms with Crippen molar-refractivity contribution in [2.75, 3.05) is 6.54 Å². The number of carbonyl (C=O) groups excluding carboxylic acids is 2. The monoisotopic (exact) mass is 267 g/mol. The van der Waals surface area contributed by atoms with Crippen molar-refractivity contribution in [1.29, 1.82) is 0 Å². The summed E-state index contributed by atoms with van der Waals surface area (Å²) in [4.78, 5) is 29.6. The van der Waals surface area contributed by atoms with Gasteiger partial charge in [0.2, 0.25) is 11.8 Å². The van der Waals surface area contributed by atoms with Crippen molar-refractivity contribution in [3.63, 3.8) is 0 Å². The van der Waals surface area contributed by atoms with Crippen LogP contribution in [0, 0.1) is 5.92 Å². The summed E-state index contributed by atoms with van der Waals surface area (Å²) in [6, 6.07) is -0.383. The number of hydrogen-bond donors (Lipinski definition) is 1. The summed E-state index contributed by atoms with van der Waals surface area (Å²) in [6.07, 6.45) is 2.39. The Morgan fingerprint density at radius 1 is 1.56 bits per heavy atom. The van der Waals surface area contributed by atoms with E-state index in [0.29, 0.717) is 18.9 Å². The molecule has 1 fully saturated rings. The molecule has 2 amide bonds. The van der Waals surface area contributed by atoms with E-state index in [1.165, 1.54) is 11.3 Å². The van der Waals surface area contributed by atoms with Crippen LogP contribution in [0.5, 0.6) is 0 Å². The predicted octanol–water partition coefficient (Wildman–Crippen LogP) is 1.02. The van der Waals surface area contributed by atoms with Crippen LogP contribution >= 0.6 is 11.3 Å². The van der Waals surface area contributed by atoms with E-state index in [-0.39, 0.29) is 24.4 Å². The Bertz CT molecular complexity index is 431. The molecule has 6 heteroatoms. The average molecular weight is 267 g/mol. The second-order valence-electron chi connectivity index (χ2n) is 4.87. The van der Waals surface area contributed by atoms with Crippen LogP contribution < -0.4 is 5.32 Å². The lowest BCUT2D eigenvalue weighted by Gasteiger charge is -2.32. The fourth-order valence-electron chi connectivity index (χ4n) is 2.03. The summed E-state index contributed by atoms with van der Waals surface area (Å²) in [5.41, 5.74) is 0. The first-order valence-corrected chi connectivity index (χ1v) is 6.90. The smallest absolute Gasteiger partial charge is 0.246 e. The highest BCUT2D eigenvalue weighted by atomic mass is 32.1. The van der Waals surface area contributed by atoms with Gasteiger partial charge in [0, 0.05) is 11.6 Å². The van der Waals surface area contributed by atoms with Crippen molar-refractivity contribution in [2.45, 2.75) is 32.9 Å². The lowest BCUT2D eigenvalue weighted by atomic mass is 10.0. The number of hydrogen-bond acceptors (Lipinski definition) is 4. The molecule has 1 aromatic heterocycles. The van der Waals surface area contributed by atoms with Crippen molar-refractivity contribution in [3.05, 3.63) is 16.6 Å². The molecular formula is C12H17N3O2S. The summed E-state index contributed by atoms with van der Waals surface area (Å²) in [7, 11) is 0. The molecule has 1 N–H and O–H groups in total. The van der Waals surface area contributed by atoms with Crippen LogP contribution in [0.15, 0.2) is 11.6 Å². The Labute approximate surface area is 110 Å². The van der Waals surface area contributed by atoms with E-state index in [9.17, 15) is 9.59 Å². The summed E-state index contributed by atoms with van der Waals surface area (Å²) >= 11 is 1.50. The van der Waals surface area contributed by atoms with E-state index < -0.39 is 0 Å². The van der Waals surface area contributed by atoms with Gasteiger partial charge >= 0.3 is 0 Å². The first-order valence-electron chi connectivity index (χ1n) is 6.02. The fraction of sp³-hybridized carbons (Fsp3) is 0.583. The van der Waals surface area contributed by atoms with Crippen molar-refractivity contribution in [2.24, 2.45) is 5.92 Å². The van der Waals surface area contributed by atoms with E-state index in [4.69, 9.17) is 0 Å². The van der Waals surface area contributed by atoms with Crippen LogP contribution in [0.2, 0.25) is 0 Å². The van der Waals surface area contributed by atoms with Gasteiger partial charge in [0.1, 0.15) is 17.6 Å². The van der Waals surface area contributed by atoms with Crippen LogP contribution in [0.25, 0.3) is 0 Å². The third-order valence-electron chi connectivity index (χ3n) is 2.80. The zero-order valence-electron chi connectivity index (χ0n) is 10.5. The van der Waals surface area contributed by atoms with Crippen LogP contribution in [0.1, 0.15) is 25.3 Å². The third-order valence-corrected chi connectivity index (χ3v) is 3.56. The van der Waals surface area contributed by atoms with Crippen molar-refractivity contribution in [3.8, 4) is 0 Å². The molecule has 98 valence electrons. The molecule has 1 aromatic rings. The van der Waals surface area contributed by atoms with Crippen LogP contribution in [0.4, 0.5) is 0 Å². The maximum atomic E-state index is 12.2. The zero-order valence-corrected chi connectivity index (χ0v) is 11.4. The van der Waals surface area contributed by atoms with Gasteiger partial charge in [0.05, 0.1) is 6.54 Å². The number of nitrogens with one attached hydrogen (secondary N) is 1. The van der Waals surface area contributed by atoms with E-state index >= 15 is 0 Å². The molecule has 0 aromatic carbocycles. The molecule has 0 bridgehead atoms. The number of nitrogens with zero attached hydrogens (tertiary/aromatic N) is 2. The summed E-state index contributed by atoms with van der Waals surface area (Å²) in [5, 5.41) is 5.49. The van der Waals surface area contributed by atoms with E-state index in [0.717, 1.165) is 5.01 Å². The fourth-order valence-corrected chi connectivity index (χ4v) is 2.66. The highest BCUT2D eigenvalue weighted by Crippen LogP contribution is 2.15. The van der Waals surface area contributed by atoms with Gasteiger partial charge in [0.15, 0.2) is 0 Å². The number of amides is 2. The normalized spacial score (nSPS) is 20.4. The van der Waals surface area contributed by atoms with E-state index in [2.05, 4.69) is 10.3 Å².